The first-order chi connectivity index (χ1) is 11.3. The molecule has 0 atom stereocenters. The number of esters is 1. The first kappa shape index (κ1) is 18.7. The third kappa shape index (κ3) is 5.20. The van der Waals surface area contributed by atoms with E-state index in [0.717, 1.165) is 10.5 Å². The van der Waals surface area contributed by atoms with Gasteiger partial charge in [0, 0.05) is 4.47 Å². The van der Waals surface area contributed by atoms with Crippen molar-refractivity contribution in [3.05, 3.63) is 57.5 Å². The van der Waals surface area contributed by atoms with Crippen molar-refractivity contribution in [2.75, 3.05) is 13.2 Å². The van der Waals surface area contributed by atoms with Crippen LogP contribution in [0.15, 0.2) is 51.8 Å². The lowest BCUT2D eigenvalue weighted by Gasteiger charge is -2.09. The number of ether oxygens (including phenoxy) is 2. The predicted molar refractivity (Wildman–Crippen MR) is 92.7 cm³/mol. The molecule has 128 valence electrons. The molecule has 0 saturated carbocycles. The van der Waals surface area contributed by atoms with Gasteiger partial charge in [0.25, 0.3) is 0 Å². The average Bonchev–Trinajstić information content (AvgIpc) is 2.52. The van der Waals surface area contributed by atoms with Gasteiger partial charge in [0.2, 0.25) is 10.0 Å². The number of halogens is 2. The van der Waals surface area contributed by atoms with Gasteiger partial charge in [0.15, 0.2) is 0 Å². The Kier molecular flexibility index (Phi) is 6.22. The zero-order chi connectivity index (χ0) is 17.7. The van der Waals surface area contributed by atoms with Crippen LogP contribution in [-0.4, -0.2) is 27.6 Å². The fourth-order valence-corrected chi connectivity index (χ4v) is 2.74. The van der Waals surface area contributed by atoms with Crippen molar-refractivity contribution in [2.45, 2.75) is 4.90 Å². The maximum absolute atomic E-state index is 12.0. The highest BCUT2D eigenvalue weighted by atomic mass is 79.9. The highest BCUT2D eigenvalue weighted by Gasteiger charge is 2.17. The molecule has 9 heteroatoms. The molecule has 0 heterocycles. The van der Waals surface area contributed by atoms with Crippen LogP contribution < -0.4 is 9.88 Å². The second-order valence-corrected chi connectivity index (χ2v) is 7.51. The van der Waals surface area contributed by atoms with E-state index < -0.39 is 16.0 Å². The van der Waals surface area contributed by atoms with Gasteiger partial charge in [-0.3, -0.25) is 0 Å². The minimum absolute atomic E-state index is 0.0230. The molecule has 0 aliphatic rings. The first-order valence-corrected chi connectivity index (χ1v) is 9.37. The van der Waals surface area contributed by atoms with Gasteiger partial charge in [-0.2, -0.15) is 0 Å². The summed E-state index contributed by atoms with van der Waals surface area (Å²) < 4.78 is 34.0. The Balaban J connectivity index is 1.94. The number of hydrogen-bond acceptors (Lipinski definition) is 5. The molecule has 2 aromatic carbocycles. The van der Waals surface area contributed by atoms with Crippen LogP contribution in [0.5, 0.6) is 5.75 Å². The van der Waals surface area contributed by atoms with Crippen molar-refractivity contribution < 1.29 is 22.7 Å². The molecular formula is C15H13BrClNO5S. The maximum Gasteiger partial charge on any atom is 0.339 e. The Morgan fingerprint density at radius 3 is 2.42 bits per heavy atom. The lowest BCUT2D eigenvalue weighted by atomic mass is 10.2. The SMILES string of the molecule is NS(=O)(=O)c1ccc(Cl)c(C(=O)OCCOc2ccc(Br)cc2)c1. The Hall–Kier alpha value is -1.61. The predicted octanol–water partition coefficient (Wildman–Crippen LogP) is 2.99. The number of hydrogen-bond donors (Lipinski definition) is 1. The molecule has 0 radical (unpaired) electrons. The summed E-state index contributed by atoms with van der Waals surface area (Å²) in [5.74, 6) is -0.131. The Morgan fingerprint density at radius 1 is 1.12 bits per heavy atom. The van der Waals surface area contributed by atoms with E-state index in [0.29, 0.717) is 5.75 Å². The maximum atomic E-state index is 12.0. The first-order valence-electron chi connectivity index (χ1n) is 6.65. The molecule has 0 saturated heterocycles. The summed E-state index contributed by atoms with van der Waals surface area (Å²) >= 11 is 9.20. The molecule has 0 bridgehead atoms. The van der Waals surface area contributed by atoms with Crippen molar-refractivity contribution in [1.82, 2.24) is 0 Å². The van der Waals surface area contributed by atoms with E-state index in [2.05, 4.69) is 15.9 Å². The van der Waals surface area contributed by atoms with Crippen LogP contribution in [0.1, 0.15) is 10.4 Å². The molecule has 2 aromatic rings. The minimum Gasteiger partial charge on any atom is -0.490 e. The number of primary sulfonamides is 1. The van der Waals surface area contributed by atoms with Gasteiger partial charge >= 0.3 is 5.97 Å². The summed E-state index contributed by atoms with van der Waals surface area (Å²) in [5, 5.41) is 5.10. The fraction of sp³-hybridized carbons (Fsp3) is 0.133. The zero-order valence-electron chi connectivity index (χ0n) is 12.2. The molecule has 6 nitrogen and oxygen atoms in total. The van der Waals surface area contributed by atoms with E-state index in [1.165, 1.54) is 12.1 Å². The van der Waals surface area contributed by atoms with E-state index in [1.807, 2.05) is 12.1 Å². The number of benzene rings is 2. The second-order valence-electron chi connectivity index (χ2n) is 4.62. The van der Waals surface area contributed by atoms with Crippen LogP contribution in [0, 0.1) is 0 Å². The molecular weight excluding hydrogens is 422 g/mol. The van der Waals surface area contributed by atoms with Crippen molar-refractivity contribution in [1.29, 1.82) is 0 Å². The number of rotatable bonds is 6. The Bertz CT molecular complexity index is 839. The molecule has 0 fully saturated rings. The van der Waals surface area contributed by atoms with Gasteiger partial charge in [0.1, 0.15) is 19.0 Å². The normalized spacial score (nSPS) is 11.1. The van der Waals surface area contributed by atoms with E-state index in [-0.39, 0.29) is 28.7 Å². The monoisotopic (exact) mass is 433 g/mol. The standard InChI is InChI=1S/C15H13BrClNO5S/c16-10-1-3-11(4-2-10)22-7-8-23-15(19)13-9-12(24(18,20)21)5-6-14(13)17/h1-6,9H,7-8H2,(H2,18,20,21). The van der Waals surface area contributed by atoms with Gasteiger partial charge in [0.05, 0.1) is 15.5 Å². The summed E-state index contributed by atoms with van der Waals surface area (Å²) in [4.78, 5) is 11.8. The van der Waals surface area contributed by atoms with Crippen LogP contribution in [-0.2, 0) is 14.8 Å². The number of sulfonamides is 1. The van der Waals surface area contributed by atoms with Crippen molar-refractivity contribution in [2.24, 2.45) is 5.14 Å². The van der Waals surface area contributed by atoms with Crippen LogP contribution in [0.2, 0.25) is 5.02 Å². The van der Waals surface area contributed by atoms with Crippen molar-refractivity contribution in [3.8, 4) is 5.75 Å². The topological polar surface area (TPSA) is 95.7 Å². The Labute approximate surface area is 152 Å². The molecule has 0 unspecified atom stereocenters. The molecule has 24 heavy (non-hydrogen) atoms. The number of carbonyl (C=O) groups is 1. The molecule has 0 aliphatic heterocycles. The van der Waals surface area contributed by atoms with E-state index in [1.54, 1.807) is 12.1 Å². The van der Waals surface area contributed by atoms with E-state index in [9.17, 15) is 13.2 Å². The van der Waals surface area contributed by atoms with Crippen LogP contribution >= 0.6 is 27.5 Å². The average molecular weight is 435 g/mol. The highest BCUT2D eigenvalue weighted by Crippen LogP contribution is 2.21. The third-order valence-corrected chi connectivity index (χ3v) is 4.65. The second kappa shape index (κ2) is 7.98. The van der Waals surface area contributed by atoms with Gasteiger partial charge < -0.3 is 9.47 Å². The Morgan fingerprint density at radius 2 is 1.79 bits per heavy atom. The number of carbonyl (C=O) groups excluding carboxylic acids is 1. The smallest absolute Gasteiger partial charge is 0.339 e. The summed E-state index contributed by atoms with van der Waals surface area (Å²) in [6.45, 7) is 0.116. The summed E-state index contributed by atoms with van der Waals surface area (Å²) in [7, 11) is -3.94. The third-order valence-electron chi connectivity index (χ3n) is 2.89. The molecule has 0 amide bonds. The van der Waals surface area contributed by atoms with Gasteiger partial charge in [-0.25, -0.2) is 18.4 Å². The van der Waals surface area contributed by atoms with E-state index >= 15 is 0 Å². The highest BCUT2D eigenvalue weighted by molar-refractivity contribution is 9.10. The number of nitrogens with two attached hydrogens (primary N) is 1. The lowest BCUT2D eigenvalue weighted by molar-refractivity contribution is 0.0450. The zero-order valence-corrected chi connectivity index (χ0v) is 15.4. The minimum atomic E-state index is -3.94. The molecule has 0 aliphatic carbocycles. The molecule has 2 rings (SSSR count). The summed E-state index contributed by atoms with van der Waals surface area (Å²) in [6.07, 6.45) is 0. The molecule has 2 N–H and O–H groups in total. The van der Waals surface area contributed by atoms with Crippen LogP contribution in [0.3, 0.4) is 0 Å². The molecule has 0 aromatic heterocycles. The lowest BCUT2D eigenvalue weighted by Crippen LogP contribution is -2.15. The quantitative estimate of drug-likeness (QED) is 0.557. The van der Waals surface area contributed by atoms with Crippen molar-refractivity contribution in [3.63, 3.8) is 0 Å². The summed E-state index contributed by atoms with van der Waals surface area (Å²) in [5.41, 5.74) is -0.0770. The van der Waals surface area contributed by atoms with Crippen LogP contribution in [0.4, 0.5) is 0 Å². The van der Waals surface area contributed by atoms with Crippen LogP contribution in [0.25, 0.3) is 0 Å². The van der Waals surface area contributed by atoms with E-state index in [4.69, 9.17) is 26.2 Å². The van der Waals surface area contributed by atoms with Gasteiger partial charge in [-0.05, 0) is 42.5 Å². The van der Waals surface area contributed by atoms with Gasteiger partial charge in [-0.1, -0.05) is 27.5 Å². The summed E-state index contributed by atoms with van der Waals surface area (Å²) in [6, 6.07) is 10.7. The van der Waals surface area contributed by atoms with Crippen molar-refractivity contribution >= 4 is 43.5 Å². The fourth-order valence-electron chi connectivity index (χ4n) is 1.74. The largest absolute Gasteiger partial charge is 0.490 e. The van der Waals surface area contributed by atoms with Gasteiger partial charge in [-0.15, -0.1) is 0 Å². The molecule has 0 spiro atoms.